The number of nitrogens with two attached hydrogens (primary N) is 1. The van der Waals surface area contributed by atoms with Gasteiger partial charge in [-0.15, -0.1) is 12.4 Å². The van der Waals surface area contributed by atoms with Crippen LogP contribution >= 0.6 is 28.3 Å². The molecule has 1 aliphatic rings. The number of nitrogens with one attached hydrogen (secondary N) is 1. The topological polar surface area (TPSA) is 55.1 Å². The van der Waals surface area contributed by atoms with Crippen molar-refractivity contribution in [3.8, 4) is 0 Å². The van der Waals surface area contributed by atoms with Crippen molar-refractivity contribution in [2.75, 3.05) is 5.32 Å². The maximum atomic E-state index is 12.1. The van der Waals surface area contributed by atoms with Crippen molar-refractivity contribution in [3.63, 3.8) is 0 Å². The molecular formula is C15H22BrClN2O. The summed E-state index contributed by atoms with van der Waals surface area (Å²) in [4.78, 5) is 12.1. The van der Waals surface area contributed by atoms with Gasteiger partial charge in [0.25, 0.3) is 0 Å². The van der Waals surface area contributed by atoms with Gasteiger partial charge in [-0.1, -0.05) is 28.8 Å². The molecule has 0 radical (unpaired) electrons. The normalized spacial score (nSPS) is 21.9. The van der Waals surface area contributed by atoms with Crippen molar-refractivity contribution in [3.05, 3.63) is 28.2 Å². The summed E-state index contributed by atoms with van der Waals surface area (Å²) < 4.78 is 1.03. The Kier molecular flexibility index (Phi) is 7.00. The predicted molar refractivity (Wildman–Crippen MR) is 89.3 cm³/mol. The highest BCUT2D eigenvalue weighted by Gasteiger charge is 2.24. The van der Waals surface area contributed by atoms with Gasteiger partial charge >= 0.3 is 0 Å². The van der Waals surface area contributed by atoms with E-state index in [1.165, 1.54) is 12.8 Å². The summed E-state index contributed by atoms with van der Waals surface area (Å²) in [5.41, 5.74) is 8.04. The van der Waals surface area contributed by atoms with E-state index in [2.05, 4.69) is 21.2 Å². The summed E-state index contributed by atoms with van der Waals surface area (Å²) in [6, 6.07) is 6.06. The lowest BCUT2D eigenvalue weighted by Crippen LogP contribution is -2.35. The third-order valence-electron chi connectivity index (χ3n) is 3.88. The summed E-state index contributed by atoms with van der Waals surface area (Å²) >= 11 is 3.42. The highest BCUT2D eigenvalue weighted by Crippen LogP contribution is 2.26. The first-order chi connectivity index (χ1) is 9.06. The molecular weight excluding hydrogens is 340 g/mol. The number of amides is 1. The maximum absolute atomic E-state index is 12.1. The molecule has 20 heavy (non-hydrogen) atoms. The van der Waals surface area contributed by atoms with Crippen molar-refractivity contribution in [1.29, 1.82) is 0 Å². The molecule has 1 fully saturated rings. The van der Waals surface area contributed by atoms with E-state index in [4.69, 9.17) is 5.73 Å². The molecule has 0 spiro atoms. The summed E-state index contributed by atoms with van der Waals surface area (Å²) in [6.45, 7) is 1.99. The molecule has 0 aliphatic heterocycles. The lowest BCUT2D eigenvalue weighted by Gasteiger charge is -2.28. The SMILES string of the molecule is Cc1cc(Br)ccc1NC(=O)CC1CCCCC1N.Cl. The Morgan fingerprint density at radius 1 is 1.40 bits per heavy atom. The van der Waals surface area contributed by atoms with Gasteiger partial charge in [-0.25, -0.2) is 0 Å². The van der Waals surface area contributed by atoms with Crippen LogP contribution in [0.1, 0.15) is 37.7 Å². The van der Waals surface area contributed by atoms with Crippen molar-refractivity contribution in [2.45, 2.75) is 45.1 Å². The molecule has 2 unspecified atom stereocenters. The number of anilines is 1. The second kappa shape index (κ2) is 8.01. The summed E-state index contributed by atoms with van der Waals surface area (Å²) in [5, 5.41) is 2.99. The minimum atomic E-state index is 0. The zero-order valence-corrected chi connectivity index (χ0v) is 14.1. The van der Waals surface area contributed by atoms with E-state index in [-0.39, 0.29) is 24.4 Å². The molecule has 1 aliphatic carbocycles. The van der Waals surface area contributed by atoms with Crippen LogP contribution in [0.25, 0.3) is 0 Å². The lowest BCUT2D eigenvalue weighted by atomic mass is 9.83. The van der Waals surface area contributed by atoms with Crippen LogP contribution in [0.15, 0.2) is 22.7 Å². The van der Waals surface area contributed by atoms with Gasteiger partial charge < -0.3 is 11.1 Å². The van der Waals surface area contributed by atoms with Crippen LogP contribution in [0.5, 0.6) is 0 Å². The number of hydrogen-bond acceptors (Lipinski definition) is 2. The fraction of sp³-hybridized carbons (Fsp3) is 0.533. The molecule has 3 nitrogen and oxygen atoms in total. The molecule has 1 aromatic carbocycles. The van der Waals surface area contributed by atoms with E-state index in [9.17, 15) is 4.79 Å². The molecule has 0 heterocycles. The van der Waals surface area contributed by atoms with Gasteiger partial charge in [0.2, 0.25) is 5.91 Å². The van der Waals surface area contributed by atoms with Crippen LogP contribution in [0.4, 0.5) is 5.69 Å². The largest absolute Gasteiger partial charge is 0.327 e. The molecule has 2 rings (SSSR count). The zero-order valence-electron chi connectivity index (χ0n) is 11.7. The molecule has 0 aromatic heterocycles. The number of benzene rings is 1. The van der Waals surface area contributed by atoms with Gasteiger partial charge in [0.05, 0.1) is 0 Å². The molecule has 0 saturated heterocycles. The van der Waals surface area contributed by atoms with E-state index in [1.54, 1.807) is 0 Å². The summed E-state index contributed by atoms with van der Waals surface area (Å²) in [5.74, 6) is 0.414. The molecule has 112 valence electrons. The van der Waals surface area contributed by atoms with E-state index in [0.717, 1.165) is 28.6 Å². The molecule has 1 amide bonds. The van der Waals surface area contributed by atoms with Crippen LogP contribution in [0.2, 0.25) is 0 Å². The highest BCUT2D eigenvalue weighted by molar-refractivity contribution is 9.10. The van der Waals surface area contributed by atoms with E-state index in [0.29, 0.717) is 12.3 Å². The van der Waals surface area contributed by atoms with Gasteiger partial charge in [-0.3, -0.25) is 4.79 Å². The van der Waals surface area contributed by atoms with Crippen molar-refractivity contribution in [2.24, 2.45) is 11.7 Å². The Morgan fingerprint density at radius 3 is 2.75 bits per heavy atom. The minimum Gasteiger partial charge on any atom is -0.327 e. The zero-order chi connectivity index (χ0) is 13.8. The van der Waals surface area contributed by atoms with Gasteiger partial charge in [-0.05, 0) is 49.4 Å². The quantitative estimate of drug-likeness (QED) is 0.854. The number of carbonyl (C=O) groups excluding carboxylic acids is 1. The summed E-state index contributed by atoms with van der Waals surface area (Å²) in [7, 11) is 0. The predicted octanol–water partition coefficient (Wildman–Crippen LogP) is 4.03. The minimum absolute atomic E-state index is 0. The Hall–Kier alpha value is -0.580. The standard InChI is InChI=1S/C15H21BrN2O.ClH/c1-10-8-12(16)6-7-14(10)18-15(19)9-11-4-2-3-5-13(11)17;/h6-8,11,13H,2-5,9,17H2,1H3,(H,18,19);1H. The molecule has 1 saturated carbocycles. The Labute approximate surface area is 135 Å². The van der Waals surface area contributed by atoms with E-state index in [1.807, 2.05) is 25.1 Å². The van der Waals surface area contributed by atoms with Crippen molar-refractivity contribution >= 4 is 39.9 Å². The third kappa shape index (κ3) is 4.76. The molecule has 0 bridgehead atoms. The second-order valence-electron chi connectivity index (χ2n) is 5.42. The van der Waals surface area contributed by atoms with Crippen molar-refractivity contribution < 1.29 is 4.79 Å². The Morgan fingerprint density at radius 2 is 2.10 bits per heavy atom. The fourth-order valence-electron chi connectivity index (χ4n) is 2.70. The average molecular weight is 362 g/mol. The lowest BCUT2D eigenvalue weighted by molar-refractivity contribution is -0.117. The van der Waals surface area contributed by atoms with Gasteiger partial charge in [0.1, 0.15) is 0 Å². The highest BCUT2D eigenvalue weighted by atomic mass is 79.9. The molecule has 1 aromatic rings. The number of carbonyl (C=O) groups is 1. The van der Waals surface area contributed by atoms with Crippen LogP contribution in [-0.2, 0) is 4.79 Å². The Bertz CT molecular complexity index is 467. The average Bonchev–Trinajstić information content (AvgIpc) is 2.36. The smallest absolute Gasteiger partial charge is 0.224 e. The monoisotopic (exact) mass is 360 g/mol. The van der Waals surface area contributed by atoms with Crippen LogP contribution in [0.3, 0.4) is 0 Å². The third-order valence-corrected chi connectivity index (χ3v) is 4.37. The summed E-state index contributed by atoms with van der Waals surface area (Å²) in [6.07, 6.45) is 5.06. The molecule has 2 atom stereocenters. The van der Waals surface area contributed by atoms with E-state index >= 15 is 0 Å². The number of rotatable bonds is 3. The Balaban J connectivity index is 0.00000200. The number of hydrogen-bond donors (Lipinski definition) is 2. The number of halogens is 2. The van der Waals surface area contributed by atoms with Gasteiger partial charge in [-0.2, -0.15) is 0 Å². The number of aryl methyl sites for hydroxylation is 1. The molecule has 5 heteroatoms. The van der Waals surface area contributed by atoms with Crippen LogP contribution < -0.4 is 11.1 Å². The first kappa shape index (κ1) is 17.5. The van der Waals surface area contributed by atoms with Crippen LogP contribution in [0, 0.1) is 12.8 Å². The van der Waals surface area contributed by atoms with Crippen molar-refractivity contribution in [1.82, 2.24) is 0 Å². The first-order valence-electron chi connectivity index (χ1n) is 6.88. The maximum Gasteiger partial charge on any atom is 0.224 e. The molecule has 3 N–H and O–H groups in total. The van der Waals surface area contributed by atoms with Gasteiger partial charge in [0, 0.05) is 22.6 Å². The van der Waals surface area contributed by atoms with Gasteiger partial charge in [0.15, 0.2) is 0 Å². The van der Waals surface area contributed by atoms with E-state index < -0.39 is 0 Å². The fourth-order valence-corrected chi connectivity index (χ4v) is 3.17. The van der Waals surface area contributed by atoms with Crippen LogP contribution in [-0.4, -0.2) is 11.9 Å². The first-order valence-corrected chi connectivity index (χ1v) is 7.67. The second-order valence-corrected chi connectivity index (χ2v) is 6.34.